The maximum Gasteiger partial charge on any atom is 0.255 e. The molecule has 1 heterocycles. The number of anilines is 1. The molecule has 6 rings (SSSR count). The number of aromatic nitrogens is 1. The SMILES string of the molecule is O=C(Nc1ccc(F)c(F)c1)c1ccc(Cl)c(S(=O)(=O)C2CC3CCC(C2)C3(O)C(O)c2cccc(C3CC3)n2)c1. The Morgan fingerprint density at radius 3 is 2.37 bits per heavy atom. The number of rotatable bonds is 7. The van der Waals surface area contributed by atoms with Crippen molar-refractivity contribution in [3.8, 4) is 0 Å². The number of sulfone groups is 1. The quantitative estimate of drug-likeness (QED) is 0.326. The Hall–Kier alpha value is -2.92. The lowest BCUT2D eigenvalue weighted by atomic mass is 9.70. The van der Waals surface area contributed by atoms with Crippen LogP contribution in [0.1, 0.15) is 72.3 Å². The van der Waals surface area contributed by atoms with Crippen LogP contribution in [0.2, 0.25) is 5.02 Å². The second-order valence-corrected chi connectivity index (χ2v) is 14.0. The number of carbonyl (C=O) groups excluding carboxylic acids is 1. The van der Waals surface area contributed by atoms with E-state index in [1.54, 1.807) is 6.07 Å². The molecular weight excluding hydrogens is 574 g/mol. The summed E-state index contributed by atoms with van der Waals surface area (Å²) in [7, 11) is -4.04. The molecule has 3 aliphatic rings. The summed E-state index contributed by atoms with van der Waals surface area (Å²) in [4.78, 5) is 17.2. The van der Waals surface area contributed by atoms with Crippen LogP contribution < -0.4 is 5.32 Å². The van der Waals surface area contributed by atoms with Crippen LogP contribution >= 0.6 is 11.6 Å². The highest BCUT2D eigenvalue weighted by molar-refractivity contribution is 7.92. The summed E-state index contributed by atoms with van der Waals surface area (Å²) < 4.78 is 54.5. The van der Waals surface area contributed by atoms with Crippen LogP contribution in [0.3, 0.4) is 0 Å². The largest absolute Gasteiger partial charge is 0.386 e. The fourth-order valence-electron chi connectivity index (χ4n) is 6.53. The van der Waals surface area contributed by atoms with Crippen LogP contribution in [-0.4, -0.2) is 40.4 Å². The van der Waals surface area contributed by atoms with Crippen molar-refractivity contribution >= 4 is 33.0 Å². The molecule has 3 atom stereocenters. The molecule has 11 heteroatoms. The predicted octanol–water partition coefficient (Wildman–Crippen LogP) is 5.57. The van der Waals surface area contributed by atoms with E-state index in [0.717, 1.165) is 30.7 Å². The van der Waals surface area contributed by atoms with E-state index in [1.165, 1.54) is 24.3 Å². The summed E-state index contributed by atoms with van der Waals surface area (Å²) in [6, 6.07) is 12.2. The number of hydrogen-bond acceptors (Lipinski definition) is 6. The first-order chi connectivity index (χ1) is 19.5. The summed E-state index contributed by atoms with van der Waals surface area (Å²) in [5, 5.41) is 24.7. The average Bonchev–Trinajstić information content (AvgIpc) is 3.78. The maximum atomic E-state index is 13.9. The highest BCUT2D eigenvalue weighted by Crippen LogP contribution is 2.56. The van der Waals surface area contributed by atoms with Gasteiger partial charge in [0.25, 0.3) is 5.91 Å². The average molecular weight is 603 g/mol. The number of fused-ring (bicyclic) bond motifs is 2. The third-order valence-corrected chi connectivity index (χ3v) is 11.5. The summed E-state index contributed by atoms with van der Waals surface area (Å²) in [5.74, 6) is -3.47. The highest BCUT2D eigenvalue weighted by atomic mass is 35.5. The monoisotopic (exact) mass is 602 g/mol. The smallest absolute Gasteiger partial charge is 0.255 e. The number of nitrogens with zero attached hydrogens (tertiary/aromatic N) is 1. The minimum atomic E-state index is -4.04. The summed E-state index contributed by atoms with van der Waals surface area (Å²) in [5.41, 5.74) is -0.219. The summed E-state index contributed by atoms with van der Waals surface area (Å²) >= 11 is 6.32. The van der Waals surface area contributed by atoms with Crippen molar-refractivity contribution in [1.82, 2.24) is 4.98 Å². The Labute approximate surface area is 241 Å². The molecule has 7 nitrogen and oxygen atoms in total. The first-order valence-electron chi connectivity index (χ1n) is 13.7. The molecule has 3 N–H and O–H groups in total. The van der Waals surface area contributed by atoms with Gasteiger partial charge in [0.2, 0.25) is 0 Å². The van der Waals surface area contributed by atoms with Gasteiger partial charge in [-0.05, 0) is 92.8 Å². The summed E-state index contributed by atoms with van der Waals surface area (Å²) in [6.45, 7) is 0. The molecule has 0 aliphatic heterocycles. The van der Waals surface area contributed by atoms with Crippen molar-refractivity contribution in [2.45, 2.75) is 66.3 Å². The minimum Gasteiger partial charge on any atom is -0.386 e. The van der Waals surface area contributed by atoms with Gasteiger partial charge in [0.05, 0.1) is 20.9 Å². The molecule has 3 unspecified atom stereocenters. The molecule has 3 aromatic rings. The number of aliphatic hydroxyl groups excluding tert-OH is 1. The number of amides is 1. The lowest BCUT2D eigenvalue weighted by Gasteiger charge is -2.45. The number of hydrogen-bond donors (Lipinski definition) is 3. The van der Waals surface area contributed by atoms with Crippen molar-refractivity contribution in [3.05, 3.63) is 88.2 Å². The van der Waals surface area contributed by atoms with E-state index in [-0.39, 0.29) is 34.0 Å². The third-order valence-electron chi connectivity index (χ3n) is 8.89. The van der Waals surface area contributed by atoms with Crippen molar-refractivity contribution in [1.29, 1.82) is 0 Å². The number of halogens is 3. The van der Waals surface area contributed by atoms with Crippen molar-refractivity contribution in [3.63, 3.8) is 0 Å². The lowest BCUT2D eigenvalue weighted by Crippen LogP contribution is -2.52. The van der Waals surface area contributed by atoms with Gasteiger partial charge in [-0.25, -0.2) is 17.2 Å². The standard InChI is InChI=1S/C30H29ClF2N2O5S/c31-22-10-6-17(29(37)34-20-9-11-23(32)24(33)15-20)12-27(22)41(39,40)21-13-18-7-8-19(14-21)30(18,38)28(36)26-3-1-2-25(35-26)16-4-5-16/h1-3,6,9-12,15-16,18-19,21,28,36,38H,4-5,7-8,13-14H2,(H,34,37). The molecule has 41 heavy (non-hydrogen) atoms. The summed E-state index contributed by atoms with van der Waals surface area (Å²) in [6.07, 6.45) is 2.24. The normalized spacial score (nSPS) is 26.5. The van der Waals surface area contributed by atoms with E-state index in [9.17, 15) is 32.2 Å². The number of pyridine rings is 1. The van der Waals surface area contributed by atoms with Crippen LogP contribution in [0, 0.1) is 23.5 Å². The number of nitrogens with one attached hydrogen (secondary N) is 1. The Morgan fingerprint density at radius 1 is 1.00 bits per heavy atom. The fourth-order valence-corrected chi connectivity index (χ4v) is 8.93. The topological polar surface area (TPSA) is 117 Å². The Kier molecular flexibility index (Phi) is 7.17. The van der Waals surface area contributed by atoms with Crippen molar-refractivity contribution < 1.29 is 32.2 Å². The van der Waals surface area contributed by atoms with Gasteiger partial charge in [0.1, 0.15) is 11.7 Å². The molecule has 216 valence electrons. The zero-order valence-electron chi connectivity index (χ0n) is 21.9. The molecule has 2 bridgehead atoms. The Balaban J connectivity index is 1.23. The van der Waals surface area contributed by atoms with Crippen LogP contribution in [0.4, 0.5) is 14.5 Å². The van der Waals surface area contributed by atoms with Gasteiger partial charge in [-0.3, -0.25) is 9.78 Å². The molecule has 2 aromatic carbocycles. The minimum absolute atomic E-state index is 0.00659. The van der Waals surface area contributed by atoms with E-state index in [1.807, 2.05) is 12.1 Å². The first-order valence-corrected chi connectivity index (χ1v) is 15.6. The van der Waals surface area contributed by atoms with Gasteiger partial charge in [0.15, 0.2) is 21.5 Å². The highest BCUT2D eigenvalue weighted by Gasteiger charge is 2.59. The molecule has 1 amide bonds. The molecule has 0 saturated heterocycles. The van der Waals surface area contributed by atoms with Crippen LogP contribution in [-0.2, 0) is 9.84 Å². The number of carbonyl (C=O) groups is 1. The molecule has 1 aromatic heterocycles. The van der Waals surface area contributed by atoms with E-state index in [2.05, 4.69) is 10.3 Å². The van der Waals surface area contributed by atoms with Gasteiger partial charge in [-0.15, -0.1) is 0 Å². The predicted molar refractivity (Wildman–Crippen MR) is 148 cm³/mol. The van der Waals surface area contributed by atoms with Gasteiger partial charge in [-0.2, -0.15) is 0 Å². The molecule has 0 spiro atoms. The van der Waals surface area contributed by atoms with Gasteiger partial charge < -0.3 is 15.5 Å². The molecule has 0 radical (unpaired) electrons. The maximum absolute atomic E-state index is 13.9. The van der Waals surface area contributed by atoms with Gasteiger partial charge >= 0.3 is 0 Å². The first kappa shape index (κ1) is 28.2. The Bertz CT molecular complexity index is 1620. The Morgan fingerprint density at radius 2 is 1.71 bits per heavy atom. The molecule has 3 fully saturated rings. The molecule has 3 aliphatic carbocycles. The van der Waals surface area contributed by atoms with E-state index < -0.39 is 56.2 Å². The van der Waals surface area contributed by atoms with E-state index >= 15 is 0 Å². The van der Waals surface area contributed by atoms with Crippen LogP contribution in [0.5, 0.6) is 0 Å². The van der Waals surface area contributed by atoms with Crippen molar-refractivity contribution in [2.24, 2.45) is 11.8 Å². The van der Waals surface area contributed by atoms with Gasteiger partial charge in [0, 0.05) is 28.9 Å². The zero-order valence-corrected chi connectivity index (χ0v) is 23.5. The molecule has 3 saturated carbocycles. The second-order valence-electron chi connectivity index (χ2n) is 11.4. The van der Waals surface area contributed by atoms with Crippen LogP contribution in [0.15, 0.2) is 59.5 Å². The fraction of sp³-hybridized carbons (Fsp3) is 0.400. The lowest BCUT2D eigenvalue weighted by molar-refractivity contribution is -0.145. The number of benzene rings is 2. The molecular formula is C30H29ClF2N2O5S. The van der Waals surface area contributed by atoms with Gasteiger partial charge in [-0.1, -0.05) is 17.7 Å². The van der Waals surface area contributed by atoms with Crippen LogP contribution in [0.25, 0.3) is 0 Å². The van der Waals surface area contributed by atoms with E-state index in [4.69, 9.17) is 11.6 Å². The van der Waals surface area contributed by atoms with E-state index in [0.29, 0.717) is 24.5 Å². The number of aliphatic hydroxyl groups is 2. The second kappa shape index (κ2) is 10.4. The third kappa shape index (κ3) is 5.05. The zero-order chi connectivity index (χ0) is 29.1. The van der Waals surface area contributed by atoms with Crippen molar-refractivity contribution in [2.75, 3.05) is 5.32 Å².